The highest BCUT2D eigenvalue weighted by Crippen LogP contribution is 2.17. The van der Waals surface area contributed by atoms with Crippen LogP contribution in [0.4, 0.5) is 0 Å². The minimum Gasteiger partial charge on any atom is -0.481 e. The zero-order chi connectivity index (χ0) is 14.1. The van der Waals surface area contributed by atoms with Crippen LogP contribution in [0, 0.1) is 0 Å². The van der Waals surface area contributed by atoms with Gasteiger partial charge in [0.25, 0.3) is 0 Å². The van der Waals surface area contributed by atoms with Crippen LogP contribution in [0.25, 0.3) is 0 Å². The highest BCUT2D eigenvalue weighted by Gasteiger charge is 2.14. The maximum absolute atomic E-state index is 11.8. The molecule has 1 atom stereocenters. The molecule has 0 bridgehead atoms. The summed E-state index contributed by atoms with van der Waals surface area (Å²) in [7, 11) is 0. The molecule has 0 saturated carbocycles. The number of hydrogen-bond donors (Lipinski definition) is 2. The largest absolute Gasteiger partial charge is 0.481 e. The molecule has 0 saturated heterocycles. The van der Waals surface area contributed by atoms with Gasteiger partial charge in [-0.25, -0.2) is 4.98 Å². The highest BCUT2D eigenvalue weighted by molar-refractivity contribution is 5.76. The Balaban J connectivity index is 2.33. The fourth-order valence-electron chi connectivity index (χ4n) is 1.93. The molecular weight excluding hydrogens is 246 g/mol. The smallest absolute Gasteiger partial charge is 0.303 e. The monoisotopic (exact) mass is 267 g/mol. The van der Waals surface area contributed by atoms with Gasteiger partial charge in [0.15, 0.2) is 0 Å². The zero-order valence-corrected chi connectivity index (χ0v) is 11.2. The molecule has 6 nitrogen and oxygen atoms in total. The maximum Gasteiger partial charge on any atom is 0.303 e. The summed E-state index contributed by atoms with van der Waals surface area (Å²) in [5, 5.41) is 11.2. The molecule has 1 amide bonds. The van der Waals surface area contributed by atoms with E-state index in [1.165, 1.54) is 0 Å². The lowest BCUT2D eigenvalue weighted by Crippen LogP contribution is -2.27. The first-order valence-electron chi connectivity index (χ1n) is 6.59. The fourth-order valence-corrected chi connectivity index (χ4v) is 1.93. The normalized spacial score (nSPS) is 12.1. The van der Waals surface area contributed by atoms with E-state index in [1.807, 2.05) is 10.8 Å². The second-order valence-electron chi connectivity index (χ2n) is 4.50. The molecule has 1 unspecified atom stereocenters. The van der Waals surface area contributed by atoms with Gasteiger partial charge >= 0.3 is 5.97 Å². The van der Waals surface area contributed by atoms with Crippen molar-refractivity contribution in [1.82, 2.24) is 14.9 Å². The Kier molecular flexibility index (Phi) is 6.63. The van der Waals surface area contributed by atoms with E-state index < -0.39 is 5.97 Å². The Morgan fingerprint density at radius 2 is 2.26 bits per heavy atom. The zero-order valence-electron chi connectivity index (χ0n) is 11.2. The Morgan fingerprint density at radius 3 is 2.84 bits per heavy atom. The van der Waals surface area contributed by atoms with Crippen molar-refractivity contribution in [2.45, 2.75) is 45.1 Å². The number of aliphatic carboxylic acids is 1. The van der Waals surface area contributed by atoms with Gasteiger partial charge in [0.1, 0.15) is 0 Å². The van der Waals surface area contributed by atoms with Gasteiger partial charge in [0.2, 0.25) is 5.91 Å². The van der Waals surface area contributed by atoms with Gasteiger partial charge < -0.3 is 15.0 Å². The summed E-state index contributed by atoms with van der Waals surface area (Å²) >= 11 is 0. The standard InChI is InChI=1S/C13H21N3O3/c1-2-4-11(16-8-7-14-10-16)9-12(17)15-6-3-5-13(18)19/h7-8,10-11H,2-6,9H2,1H3,(H,15,17)(H,18,19). The molecule has 1 aromatic rings. The van der Waals surface area contributed by atoms with Crippen molar-refractivity contribution in [2.75, 3.05) is 6.54 Å². The first kappa shape index (κ1) is 15.2. The minimum atomic E-state index is -0.837. The highest BCUT2D eigenvalue weighted by atomic mass is 16.4. The Hall–Kier alpha value is -1.85. The van der Waals surface area contributed by atoms with Crippen molar-refractivity contribution in [3.05, 3.63) is 18.7 Å². The minimum absolute atomic E-state index is 0.0439. The number of hydrogen-bond acceptors (Lipinski definition) is 3. The molecule has 0 aliphatic heterocycles. The van der Waals surface area contributed by atoms with Crippen LogP contribution in [-0.2, 0) is 9.59 Å². The van der Waals surface area contributed by atoms with Crippen LogP contribution in [0.15, 0.2) is 18.7 Å². The number of nitrogens with one attached hydrogen (secondary N) is 1. The third kappa shape index (κ3) is 6.03. The van der Waals surface area contributed by atoms with Gasteiger partial charge in [-0.15, -0.1) is 0 Å². The van der Waals surface area contributed by atoms with Crippen LogP contribution in [-0.4, -0.2) is 33.1 Å². The summed E-state index contributed by atoms with van der Waals surface area (Å²) < 4.78 is 1.94. The van der Waals surface area contributed by atoms with Crippen LogP contribution in [0.3, 0.4) is 0 Å². The van der Waals surface area contributed by atoms with E-state index in [9.17, 15) is 9.59 Å². The molecule has 1 rings (SSSR count). The summed E-state index contributed by atoms with van der Waals surface area (Å²) in [6, 6.07) is 0.118. The number of aromatic nitrogens is 2. The lowest BCUT2D eigenvalue weighted by atomic mass is 10.1. The van der Waals surface area contributed by atoms with Crippen LogP contribution in [0.5, 0.6) is 0 Å². The van der Waals surface area contributed by atoms with Crippen molar-refractivity contribution in [3.8, 4) is 0 Å². The van der Waals surface area contributed by atoms with Crippen LogP contribution in [0.2, 0.25) is 0 Å². The number of carbonyl (C=O) groups is 2. The van der Waals surface area contributed by atoms with Crippen LogP contribution < -0.4 is 5.32 Å². The SMILES string of the molecule is CCCC(CC(=O)NCCCC(=O)O)n1ccnc1. The number of amides is 1. The first-order chi connectivity index (χ1) is 9.13. The molecule has 0 aliphatic rings. The summed E-state index contributed by atoms with van der Waals surface area (Å²) in [6.45, 7) is 2.49. The van der Waals surface area contributed by atoms with E-state index in [2.05, 4.69) is 17.2 Å². The number of carboxylic acids is 1. The predicted octanol–water partition coefficient (Wildman–Crippen LogP) is 1.60. The van der Waals surface area contributed by atoms with E-state index in [1.54, 1.807) is 12.5 Å². The lowest BCUT2D eigenvalue weighted by Gasteiger charge is -2.17. The molecule has 0 radical (unpaired) electrons. The lowest BCUT2D eigenvalue weighted by molar-refractivity contribution is -0.137. The van der Waals surface area contributed by atoms with E-state index in [4.69, 9.17) is 5.11 Å². The summed E-state index contributed by atoms with van der Waals surface area (Å²) in [6.07, 6.45) is 8.14. The van der Waals surface area contributed by atoms with E-state index in [0.29, 0.717) is 19.4 Å². The van der Waals surface area contributed by atoms with Crippen LogP contribution in [0.1, 0.15) is 45.1 Å². The molecule has 1 aromatic heterocycles. The Labute approximate surface area is 112 Å². The van der Waals surface area contributed by atoms with E-state index in [0.717, 1.165) is 12.8 Å². The number of carbonyl (C=O) groups excluding carboxylic acids is 1. The molecule has 106 valence electrons. The summed E-state index contributed by atoms with van der Waals surface area (Å²) in [4.78, 5) is 26.1. The Bertz CT molecular complexity index is 390. The van der Waals surface area contributed by atoms with E-state index >= 15 is 0 Å². The number of carboxylic acid groups (broad SMARTS) is 1. The summed E-state index contributed by atoms with van der Waals surface area (Å²) in [5.41, 5.74) is 0. The van der Waals surface area contributed by atoms with Gasteiger partial charge in [-0.05, 0) is 12.8 Å². The van der Waals surface area contributed by atoms with Gasteiger partial charge in [-0.3, -0.25) is 9.59 Å². The molecule has 0 fully saturated rings. The molecule has 0 spiro atoms. The van der Waals surface area contributed by atoms with Crippen molar-refractivity contribution >= 4 is 11.9 Å². The van der Waals surface area contributed by atoms with Crippen molar-refractivity contribution < 1.29 is 14.7 Å². The number of nitrogens with zero attached hydrogens (tertiary/aromatic N) is 2. The first-order valence-corrected chi connectivity index (χ1v) is 6.59. The third-order valence-electron chi connectivity index (χ3n) is 2.88. The van der Waals surface area contributed by atoms with Crippen molar-refractivity contribution in [2.24, 2.45) is 0 Å². The van der Waals surface area contributed by atoms with Gasteiger partial charge in [0.05, 0.1) is 6.33 Å². The van der Waals surface area contributed by atoms with E-state index in [-0.39, 0.29) is 18.4 Å². The molecule has 19 heavy (non-hydrogen) atoms. The second-order valence-corrected chi connectivity index (χ2v) is 4.50. The molecule has 2 N–H and O–H groups in total. The summed E-state index contributed by atoms with van der Waals surface area (Å²) in [5.74, 6) is -0.880. The predicted molar refractivity (Wildman–Crippen MR) is 70.7 cm³/mol. The van der Waals surface area contributed by atoms with Gasteiger partial charge in [-0.1, -0.05) is 13.3 Å². The molecule has 0 aliphatic carbocycles. The van der Waals surface area contributed by atoms with Gasteiger partial charge in [0, 0.05) is 37.8 Å². The number of imidazole rings is 1. The molecular formula is C13H21N3O3. The average molecular weight is 267 g/mol. The van der Waals surface area contributed by atoms with Gasteiger partial charge in [-0.2, -0.15) is 0 Å². The van der Waals surface area contributed by atoms with Crippen molar-refractivity contribution in [1.29, 1.82) is 0 Å². The van der Waals surface area contributed by atoms with Crippen LogP contribution >= 0.6 is 0 Å². The maximum atomic E-state index is 11.8. The van der Waals surface area contributed by atoms with Crippen molar-refractivity contribution in [3.63, 3.8) is 0 Å². The third-order valence-corrected chi connectivity index (χ3v) is 2.88. The quantitative estimate of drug-likeness (QED) is 0.665. The molecule has 6 heteroatoms. The Morgan fingerprint density at radius 1 is 1.47 bits per heavy atom. The second kappa shape index (κ2) is 8.29. The molecule has 1 heterocycles. The number of rotatable bonds is 9. The topological polar surface area (TPSA) is 84.2 Å². The fraction of sp³-hybridized carbons (Fsp3) is 0.615. The molecule has 0 aromatic carbocycles. The average Bonchev–Trinajstić information content (AvgIpc) is 2.87.